The zero-order chi connectivity index (χ0) is 18.8. The van der Waals surface area contributed by atoms with Crippen LogP contribution in [0.4, 0.5) is 17.6 Å². The van der Waals surface area contributed by atoms with Gasteiger partial charge in [0.15, 0.2) is 0 Å². The number of carbonyl (C=O) groups is 1. The first-order valence-corrected chi connectivity index (χ1v) is 7.19. The molecule has 0 radical (unpaired) electrons. The number of aliphatic hydroxyl groups is 1. The van der Waals surface area contributed by atoms with E-state index < -0.39 is 35.4 Å². The number of esters is 1. The number of hydrogen-bond donors (Lipinski definition) is 1. The van der Waals surface area contributed by atoms with Crippen LogP contribution in [0.25, 0.3) is 0 Å². The Morgan fingerprint density at radius 2 is 1.83 bits per heavy atom. The fourth-order valence-corrected chi connectivity index (χ4v) is 2.48. The molecule has 1 aromatic rings. The molecule has 1 atom stereocenters. The van der Waals surface area contributed by atoms with Gasteiger partial charge in [0.25, 0.3) is 5.60 Å². The Kier molecular flexibility index (Phi) is 5.86. The Labute approximate surface area is 137 Å². The van der Waals surface area contributed by atoms with Crippen molar-refractivity contribution < 1.29 is 36.9 Å². The van der Waals surface area contributed by atoms with Crippen LogP contribution in [-0.2, 0) is 14.9 Å². The summed E-state index contributed by atoms with van der Waals surface area (Å²) in [7, 11) is 1.29. The lowest BCUT2D eigenvalue weighted by Gasteiger charge is -2.36. The number of methoxy groups -OCH3 is 1. The van der Waals surface area contributed by atoms with E-state index in [1.165, 1.54) is 33.9 Å². The molecule has 136 valence electrons. The van der Waals surface area contributed by atoms with Gasteiger partial charge in [0, 0.05) is 12.0 Å². The monoisotopic (exact) mass is 352 g/mol. The van der Waals surface area contributed by atoms with Crippen molar-refractivity contribution >= 4 is 5.97 Å². The molecule has 0 heterocycles. The van der Waals surface area contributed by atoms with Gasteiger partial charge in [0.05, 0.1) is 13.7 Å². The molecule has 1 N–H and O–H groups in total. The van der Waals surface area contributed by atoms with Crippen LogP contribution in [0.5, 0.6) is 5.75 Å². The quantitative estimate of drug-likeness (QED) is 0.630. The van der Waals surface area contributed by atoms with Crippen molar-refractivity contribution in [3.8, 4) is 5.75 Å². The zero-order valence-electron chi connectivity index (χ0n) is 13.8. The van der Waals surface area contributed by atoms with E-state index in [2.05, 4.69) is 4.74 Å². The molecule has 24 heavy (non-hydrogen) atoms. The van der Waals surface area contributed by atoms with Crippen LogP contribution < -0.4 is 4.74 Å². The lowest BCUT2D eigenvalue weighted by atomic mass is 9.74. The Hall–Kier alpha value is -1.83. The molecule has 0 aliphatic carbocycles. The van der Waals surface area contributed by atoms with Crippen molar-refractivity contribution in [2.24, 2.45) is 0 Å². The molecule has 0 aliphatic heterocycles. The first kappa shape index (κ1) is 20.2. The molecular formula is C16H20F4O4. The van der Waals surface area contributed by atoms with Crippen LogP contribution in [0, 0.1) is 5.82 Å². The second kappa shape index (κ2) is 6.96. The summed E-state index contributed by atoms with van der Waals surface area (Å²) in [5.41, 5.74) is -5.06. The maximum atomic E-state index is 13.5. The summed E-state index contributed by atoms with van der Waals surface area (Å²) >= 11 is 0. The largest absolute Gasteiger partial charge is 0.496 e. The molecule has 0 fully saturated rings. The Balaban J connectivity index is 3.36. The van der Waals surface area contributed by atoms with Crippen molar-refractivity contribution in [2.75, 3.05) is 13.7 Å². The first-order chi connectivity index (χ1) is 10.9. The fraction of sp³-hybridized carbons (Fsp3) is 0.562. The average molecular weight is 352 g/mol. The van der Waals surface area contributed by atoms with E-state index in [9.17, 15) is 27.5 Å². The molecule has 0 saturated heterocycles. The van der Waals surface area contributed by atoms with Gasteiger partial charge >= 0.3 is 12.1 Å². The third-order valence-electron chi connectivity index (χ3n) is 3.67. The van der Waals surface area contributed by atoms with Gasteiger partial charge in [-0.1, -0.05) is 13.8 Å². The number of rotatable bonds is 6. The summed E-state index contributed by atoms with van der Waals surface area (Å²) in [6.45, 7) is 3.71. The highest BCUT2D eigenvalue weighted by Crippen LogP contribution is 2.44. The molecule has 0 amide bonds. The third kappa shape index (κ3) is 3.98. The molecule has 0 bridgehead atoms. The number of ether oxygens (including phenoxy) is 2. The summed E-state index contributed by atoms with van der Waals surface area (Å²) in [5, 5.41) is 10.0. The maximum Gasteiger partial charge on any atom is 0.428 e. The summed E-state index contributed by atoms with van der Waals surface area (Å²) < 4.78 is 62.9. The minimum atomic E-state index is -5.25. The van der Waals surface area contributed by atoms with Gasteiger partial charge in [-0.3, -0.25) is 0 Å². The van der Waals surface area contributed by atoms with E-state index >= 15 is 0 Å². The molecule has 0 spiro atoms. The number of alkyl halides is 3. The van der Waals surface area contributed by atoms with E-state index in [1.807, 2.05) is 0 Å². The Morgan fingerprint density at radius 3 is 2.29 bits per heavy atom. The summed E-state index contributed by atoms with van der Waals surface area (Å²) in [5.74, 6) is -2.32. The minimum absolute atomic E-state index is 0.0944. The van der Waals surface area contributed by atoms with Crippen molar-refractivity contribution in [1.29, 1.82) is 0 Å². The van der Waals surface area contributed by atoms with E-state index in [0.717, 1.165) is 12.1 Å². The van der Waals surface area contributed by atoms with Gasteiger partial charge in [-0.25, -0.2) is 9.18 Å². The van der Waals surface area contributed by atoms with Crippen LogP contribution in [-0.4, -0.2) is 36.6 Å². The highest BCUT2D eigenvalue weighted by molar-refractivity contribution is 5.80. The standard InChI is InChI=1S/C16H20F4O4/c1-5-24-13(21)15(22,16(18,19)20)9-14(2,3)11-8-10(17)6-7-12(11)23-4/h6-8,22H,5,9H2,1-4H3. The highest BCUT2D eigenvalue weighted by atomic mass is 19.4. The molecule has 4 nitrogen and oxygen atoms in total. The summed E-state index contributed by atoms with van der Waals surface area (Å²) in [6, 6.07) is 3.38. The second-order valence-electron chi connectivity index (χ2n) is 5.98. The van der Waals surface area contributed by atoms with Crippen molar-refractivity contribution in [2.45, 2.75) is 44.4 Å². The maximum absolute atomic E-state index is 13.5. The van der Waals surface area contributed by atoms with E-state index in [0.29, 0.717) is 0 Å². The SMILES string of the molecule is CCOC(=O)C(O)(CC(C)(C)c1cc(F)ccc1OC)C(F)(F)F. The average Bonchev–Trinajstić information content (AvgIpc) is 2.45. The lowest BCUT2D eigenvalue weighted by Crippen LogP contribution is -2.55. The number of carbonyl (C=O) groups excluding carboxylic acids is 1. The molecule has 1 unspecified atom stereocenters. The van der Waals surface area contributed by atoms with E-state index in [4.69, 9.17) is 4.74 Å². The van der Waals surface area contributed by atoms with Crippen LogP contribution in [0.2, 0.25) is 0 Å². The summed E-state index contributed by atoms with van der Waals surface area (Å²) in [6.07, 6.45) is -6.31. The van der Waals surface area contributed by atoms with Gasteiger partial charge in [0.2, 0.25) is 0 Å². The van der Waals surface area contributed by atoms with Crippen molar-refractivity contribution in [3.05, 3.63) is 29.6 Å². The summed E-state index contributed by atoms with van der Waals surface area (Å²) in [4.78, 5) is 11.7. The molecule has 0 saturated carbocycles. The normalized spacial score (nSPS) is 14.9. The molecule has 0 aliphatic rings. The van der Waals surface area contributed by atoms with E-state index in [-0.39, 0.29) is 17.9 Å². The molecular weight excluding hydrogens is 332 g/mol. The van der Waals surface area contributed by atoms with Crippen LogP contribution in [0.1, 0.15) is 32.8 Å². The molecule has 1 aromatic carbocycles. The topological polar surface area (TPSA) is 55.8 Å². The predicted octanol–water partition coefficient (Wildman–Crippen LogP) is 3.36. The number of halogens is 4. The van der Waals surface area contributed by atoms with Gasteiger partial charge < -0.3 is 14.6 Å². The molecule has 1 rings (SSSR count). The zero-order valence-corrected chi connectivity index (χ0v) is 13.8. The smallest absolute Gasteiger partial charge is 0.428 e. The lowest BCUT2D eigenvalue weighted by molar-refractivity contribution is -0.267. The molecule has 8 heteroatoms. The van der Waals surface area contributed by atoms with Crippen molar-refractivity contribution in [1.82, 2.24) is 0 Å². The van der Waals surface area contributed by atoms with Gasteiger partial charge in [-0.15, -0.1) is 0 Å². The van der Waals surface area contributed by atoms with Crippen molar-refractivity contribution in [3.63, 3.8) is 0 Å². The van der Waals surface area contributed by atoms with Gasteiger partial charge in [-0.2, -0.15) is 13.2 Å². The highest BCUT2D eigenvalue weighted by Gasteiger charge is 2.62. The van der Waals surface area contributed by atoms with Crippen LogP contribution in [0.3, 0.4) is 0 Å². The predicted molar refractivity (Wildman–Crippen MR) is 78.2 cm³/mol. The fourth-order valence-electron chi connectivity index (χ4n) is 2.48. The van der Waals surface area contributed by atoms with Gasteiger partial charge in [-0.05, 0) is 30.5 Å². The minimum Gasteiger partial charge on any atom is -0.496 e. The van der Waals surface area contributed by atoms with E-state index in [1.54, 1.807) is 0 Å². The van der Waals surface area contributed by atoms with Gasteiger partial charge in [0.1, 0.15) is 11.6 Å². The van der Waals surface area contributed by atoms with Crippen LogP contribution in [0.15, 0.2) is 18.2 Å². The second-order valence-corrected chi connectivity index (χ2v) is 5.98. The Morgan fingerprint density at radius 1 is 1.25 bits per heavy atom. The Bertz CT molecular complexity index is 598. The molecule has 0 aromatic heterocycles. The number of benzene rings is 1. The number of hydrogen-bond acceptors (Lipinski definition) is 4. The first-order valence-electron chi connectivity index (χ1n) is 7.19. The third-order valence-corrected chi connectivity index (χ3v) is 3.67. The van der Waals surface area contributed by atoms with Crippen LogP contribution >= 0.6 is 0 Å².